The van der Waals surface area contributed by atoms with Gasteiger partial charge in [0.05, 0.1) is 0 Å². The summed E-state index contributed by atoms with van der Waals surface area (Å²) in [6.45, 7) is 5.89. The number of carbonyl (C=O) groups is 1. The molecule has 1 aliphatic rings. The number of likely N-dealkylation sites (N-methyl/N-ethyl adjacent to an activating group) is 1. The first-order valence-corrected chi connectivity index (χ1v) is 7.68. The van der Waals surface area contributed by atoms with Crippen LogP contribution in [-0.4, -0.2) is 55.5 Å². The number of nitrogens with two attached hydrogens (primary N) is 1. The molecule has 0 saturated carbocycles. The Hall–Kier alpha value is -1.43. The van der Waals surface area contributed by atoms with Gasteiger partial charge in [-0.3, -0.25) is 4.79 Å². The summed E-state index contributed by atoms with van der Waals surface area (Å²) in [5.41, 5.74) is 7.49. The van der Waals surface area contributed by atoms with E-state index < -0.39 is 0 Å². The summed E-state index contributed by atoms with van der Waals surface area (Å²) in [4.78, 5) is 16.8. The van der Waals surface area contributed by atoms with Crippen LogP contribution in [0.2, 0.25) is 0 Å². The topological polar surface area (TPSA) is 61.6 Å². The van der Waals surface area contributed by atoms with E-state index in [1.807, 2.05) is 24.3 Å². The van der Waals surface area contributed by atoms with Gasteiger partial charge in [0.1, 0.15) is 0 Å². The zero-order valence-electron chi connectivity index (χ0n) is 12.8. The van der Waals surface area contributed by atoms with E-state index >= 15 is 0 Å². The molecule has 21 heavy (non-hydrogen) atoms. The number of para-hydroxylation sites is 1. The molecule has 1 aromatic rings. The van der Waals surface area contributed by atoms with Crippen LogP contribution in [0, 0.1) is 0 Å². The molecule has 0 spiro atoms. The van der Waals surface area contributed by atoms with Crippen molar-refractivity contribution < 1.29 is 4.79 Å². The molecule has 0 radical (unpaired) electrons. The molecular weight excluding hydrogens is 264 g/mol. The highest BCUT2D eigenvalue weighted by Crippen LogP contribution is 2.14. The molecule has 0 aromatic heterocycles. The normalized spacial score (nSPS) is 16.9. The fourth-order valence-electron chi connectivity index (χ4n) is 2.57. The van der Waals surface area contributed by atoms with Crippen molar-refractivity contribution in [3.8, 4) is 0 Å². The predicted molar refractivity (Wildman–Crippen MR) is 86.1 cm³/mol. The molecule has 0 aliphatic carbocycles. The summed E-state index contributed by atoms with van der Waals surface area (Å²) in [5, 5.41) is 2.96. The van der Waals surface area contributed by atoms with Crippen LogP contribution in [0.3, 0.4) is 0 Å². The molecule has 1 aromatic carbocycles. The van der Waals surface area contributed by atoms with E-state index in [0.717, 1.165) is 50.4 Å². The molecule has 1 amide bonds. The standard InChI is InChI=1S/C16H26N4O/c1-19-9-11-20(12-10-19)8-4-7-16(21)18-15-6-3-2-5-14(15)13-17/h2-3,5-6H,4,7-13,17H2,1H3,(H,18,21). The highest BCUT2D eigenvalue weighted by atomic mass is 16.1. The van der Waals surface area contributed by atoms with Gasteiger partial charge in [-0.1, -0.05) is 18.2 Å². The summed E-state index contributed by atoms with van der Waals surface area (Å²) in [5.74, 6) is 0.0741. The number of benzene rings is 1. The van der Waals surface area contributed by atoms with Gasteiger partial charge >= 0.3 is 0 Å². The van der Waals surface area contributed by atoms with Crippen molar-refractivity contribution in [1.82, 2.24) is 9.80 Å². The third kappa shape index (κ3) is 5.12. The maximum atomic E-state index is 12.0. The number of piperazine rings is 1. The number of nitrogens with zero attached hydrogens (tertiary/aromatic N) is 2. The van der Waals surface area contributed by atoms with Crippen LogP contribution in [0.4, 0.5) is 5.69 Å². The Labute approximate surface area is 127 Å². The van der Waals surface area contributed by atoms with Crippen LogP contribution < -0.4 is 11.1 Å². The highest BCUT2D eigenvalue weighted by Gasteiger charge is 2.13. The summed E-state index contributed by atoms with van der Waals surface area (Å²) in [6.07, 6.45) is 1.46. The zero-order valence-corrected chi connectivity index (χ0v) is 12.8. The number of hydrogen-bond acceptors (Lipinski definition) is 4. The molecule has 0 unspecified atom stereocenters. The summed E-state index contributed by atoms with van der Waals surface area (Å²) < 4.78 is 0. The third-order valence-electron chi connectivity index (χ3n) is 3.99. The maximum absolute atomic E-state index is 12.0. The first-order valence-electron chi connectivity index (χ1n) is 7.68. The lowest BCUT2D eigenvalue weighted by Crippen LogP contribution is -2.44. The number of amides is 1. The predicted octanol–water partition coefficient (Wildman–Crippen LogP) is 1.11. The Kier molecular flexibility index (Phi) is 6.17. The van der Waals surface area contributed by atoms with Gasteiger partial charge in [-0.15, -0.1) is 0 Å². The Balaban J connectivity index is 1.70. The Bertz CT molecular complexity index is 455. The van der Waals surface area contributed by atoms with Crippen LogP contribution in [0.1, 0.15) is 18.4 Å². The second-order valence-electron chi connectivity index (χ2n) is 5.66. The van der Waals surface area contributed by atoms with E-state index in [2.05, 4.69) is 22.2 Å². The SMILES string of the molecule is CN1CCN(CCCC(=O)Nc2ccccc2CN)CC1. The molecule has 0 bridgehead atoms. The van der Waals surface area contributed by atoms with Gasteiger partial charge in [-0.05, 0) is 31.6 Å². The zero-order chi connectivity index (χ0) is 15.1. The van der Waals surface area contributed by atoms with Gasteiger partial charge in [0.15, 0.2) is 0 Å². The lowest BCUT2D eigenvalue weighted by molar-refractivity contribution is -0.116. The van der Waals surface area contributed by atoms with Crippen LogP contribution in [-0.2, 0) is 11.3 Å². The minimum absolute atomic E-state index is 0.0741. The number of carbonyl (C=O) groups excluding carboxylic acids is 1. The Morgan fingerprint density at radius 1 is 1.24 bits per heavy atom. The average Bonchev–Trinajstić information content (AvgIpc) is 2.50. The summed E-state index contributed by atoms with van der Waals surface area (Å²) in [6, 6.07) is 7.70. The van der Waals surface area contributed by atoms with Crippen LogP contribution >= 0.6 is 0 Å². The van der Waals surface area contributed by atoms with Crippen LogP contribution in [0.5, 0.6) is 0 Å². The highest BCUT2D eigenvalue weighted by molar-refractivity contribution is 5.91. The quantitative estimate of drug-likeness (QED) is 0.824. The third-order valence-corrected chi connectivity index (χ3v) is 3.99. The van der Waals surface area contributed by atoms with E-state index in [-0.39, 0.29) is 5.91 Å². The van der Waals surface area contributed by atoms with E-state index in [9.17, 15) is 4.79 Å². The Morgan fingerprint density at radius 3 is 2.67 bits per heavy atom. The average molecular weight is 290 g/mol. The summed E-state index contributed by atoms with van der Waals surface area (Å²) >= 11 is 0. The first-order chi connectivity index (χ1) is 10.2. The van der Waals surface area contributed by atoms with Crippen molar-refractivity contribution in [2.45, 2.75) is 19.4 Å². The molecule has 3 N–H and O–H groups in total. The van der Waals surface area contributed by atoms with Crippen LogP contribution in [0.15, 0.2) is 24.3 Å². The smallest absolute Gasteiger partial charge is 0.224 e. The lowest BCUT2D eigenvalue weighted by Gasteiger charge is -2.32. The van der Waals surface area contributed by atoms with Crippen LogP contribution in [0.25, 0.3) is 0 Å². The molecular formula is C16H26N4O. The monoisotopic (exact) mass is 290 g/mol. The molecule has 1 saturated heterocycles. The van der Waals surface area contributed by atoms with E-state index in [0.29, 0.717) is 13.0 Å². The number of rotatable bonds is 6. The molecule has 0 atom stereocenters. The van der Waals surface area contributed by atoms with Crippen molar-refractivity contribution in [2.24, 2.45) is 5.73 Å². The van der Waals surface area contributed by atoms with Gasteiger partial charge in [0.25, 0.3) is 0 Å². The number of anilines is 1. The van der Waals surface area contributed by atoms with Crippen molar-refractivity contribution in [2.75, 3.05) is 45.1 Å². The second kappa shape index (κ2) is 8.12. The molecule has 5 nitrogen and oxygen atoms in total. The fraction of sp³-hybridized carbons (Fsp3) is 0.562. The first kappa shape index (κ1) is 15.9. The van der Waals surface area contributed by atoms with Gasteiger partial charge in [-0.2, -0.15) is 0 Å². The fourth-order valence-corrected chi connectivity index (χ4v) is 2.57. The Morgan fingerprint density at radius 2 is 1.95 bits per heavy atom. The molecule has 1 fully saturated rings. The van der Waals surface area contributed by atoms with Gasteiger partial charge in [0, 0.05) is 44.8 Å². The minimum atomic E-state index is 0.0741. The molecule has 1 aliphatic heterocycles. The largest absolute Gasteiger partial charge is 0.326 e. The number of hydrogen-bond donors (Lipinski definition) is 2. The van der Waals surface area contributed by atoms with Crippen molar-refractivity contribution in [3.63, 3.8) is 0 Å². The van der Waals surface area contributed by atoms with E-state index in [4.69, 9.17) is 5.73 Å². The summed E-state index contributed by atoms with van der Waals surface area (Å²) in [7, 11) is 2.15. The number of nitrogens with one attached hydrogen (secondary N) is 1. The minimum Gasteiger partial charge on any atom is -0.326 e. The van der Waals surface area contributed by atoms with Crippen molar-refractivity contribution in [1.29, 1.82) is 0 Å². The van der Waals surface area contributed by atoms with E-state index in [1.54, 1.807) is 0 Å². The lowest BCUT2D eigenvalue weighted by atomic mass is 10.1. The maximum Gasteiger partial charge on any atom is 0.224 e. The van der Waals surface area contributed by atoms with Gasteiger partial charge in [-0.25, -0.2) is 0 Å². The van der Waals surface area contributed by atoms with Crippen molar-refractivity contribution in [3.05, 3.63) is 29.8 Å². The van der Waals surface area contributed by atoms with Gasteiger partial charge in [0.2, 0.25) is 5.91 Å². The van der Waals surface area contributed by atoms with Gasteiger partial charge < -0.3 is 20.9 Å². The molecule has 2 rings (SSSR count). The molecule has 1 heterocycles. The second-order valence-corrected chi connectivity index (χ2v) is 5.66. The molecule has 5 heteroatoms. The van der Waals surface area contributed by atoms with E-state index in [1.165, 1.54) is 0 Å². The van der Waals surface area contributed by atoms with Crippen molar-refractivity contribution >= 4 is 11.6 Å². The molecule has 116 valence electrons.